The quantitative estimate of drug-likeness (QED) is 0.861. The van der Waals surface area contributed by atoms with Crippen molar-refractivity contribution in [1.29, 1.82) is 0 Å². The molecule has 0 heterocycles. The minimum absolute atomic E-state index is 0.0437. The van der Waals surface area contributed by atoms with Crippen LogP contribution in [0, 0.1) is 17.6 Å². The van der Waals surface area contributed by atoms with Crippen molar-refractivity contribution in [3.05, 3.63) is 29.8 Å². The molecule has 104 valence electrons. The van der Waals surface area contributed by atoms with Crippen molar-refractivity contribution in [2.45, 2.75) is 29.4 Å². The average Bonchev–Trinajstić information content (AvgIpc) is 3.04. The third kappa shape index (κ3) is 1.83. The van der Waals surface area contributed by atoms with Crippen molar-refractivity contribution in [2.24, 2.45) is 5.92 Å². The largest absolute Gasteiger partial charge is 0.480 e. The van der Waals surface area contributed by atoms with E-state index in [1.165, 1.54) is 0 Å². The van der Waals surface area contributed by atoms with Gasteiger partial charge < -0.3 is 5.11 Å². The van der Waals surface area contributed by atoms with Gasteiger partial charge in [0.1, 0.15) is 16.5 Å². The topological polar surface area (TPSA) is 71.4 Å². The summed E-state index contributed by atoms with van der Waals surface area (Å²) in [6.07, 6.45) is 0.326. The molecular weight excluding hydrogens is 278 g/mol. The minimum Gasteiger partial charge on any atom is -0.480 e. The van der Waals surface area contributed by atoms with Crippen LogP contribution in [0.2, 0.25) is 0 Å². The van der Waals surface area contributed by atoms with Crippen molar-refractivity contribution in [2.75, 3.05) is 0 Å². The van der Waals surface area contributed by atoms with Crippen LogP contribution in [0.3, 0.4) is 0 Å². The van der Waals surface area contributed by atoms with Gasteiger partial charge in [0.2, 0.25) is 0 Å². The van der Waals surface area contributed by atoms with E-state index in [0.717, 1.165) is 12.1 Å². The van der Waals surface area contributed by atoms with E-state index < -0.39 is 43.0 Å². The van der Waals surface area contributed by atoms with Gasteiger partial charge in [0.05, 0.1) is 0 Å². The molecule has 2 rings (SSSR count). The number of halogens is 2. The highest BCUT2D eigenvalue weighted by Gasteiger charge is 2.69. The lowest BCUT2D eigenvalue weighted by Crippen LogP contribution is -2.35. The van der Waals surface area contributed by atoms with Crippen LogP contribution in [0.25, 0.3) is 0 Å². The Balaban J connectivity index is 2.57. The molecule has 0 bridgehead atoms. The Bertz CT molecular complexity index is 641. The van der Waals surface area contributed by atoms with Crippen LogP contribution in [0.4, 0.5) is 8.78 Å². The summed E-state index contributed by atoms with van der Waals surface area (Å²) in [5.74, 6) is -4.20. The number of hydrogen-bond donors (Lipinski definition) is 1. The van der Waals surface area contributed by atoms with E-state index in [0.29, 0.717) is 12.5 Å². The first-order valence-electron chi connectivity index (χ1n) is 5.70. The molecule has 1 saturated carbocycles. The van der Waals surface area contributed by atoms with Crippen LogP contribution in [0.1, 0.15) is 19.8 Å². The standard InChI is InChI=1S/C12H12F2O4S/c1-2-7-6-12(7,11(15)16)19(17,18)10-4-3-8(13)5-9(10)14/h3-5,7H,2,6H2,1H3,(H,15,16). The van der Waals surface area contributed by atoms with Crippen LogP contribution in [0.5, 0.6) is 0 Å². The maximum Gasteiger partial charge on any atom is 0.325 e. The molecule has 2 atom stereocenters. The zero-order valence-corrected chi connectivity index (χ0v) is 10.9. The first kappa shape index (κ1) is 13.9. The summed E-state index contributed by atoms with van der Waals surface area (Å²) in [5.41, 5.74) is 0. The van der Waals surface area contributed by atoms with Gasteiger partial charge in [-0.3, -0.25) is 4.79 Å². The third-order valence-electron chi connectivity index (χ3n) is 3.57. The van der Waals surface area contributed by atoms with Crippen LogP contribution in [-0.2, 0) is 14.6 Å². The van der Waals surface area contributed by atoms with Crippen molar-refractivity contribution in [3.63, 3.8) is 0 Å². The molecular formula is C12H12F2O4S. The van der Waals surface area contributed by atoms with Gasteiger partial charge in [-0.15, -0.1) is 0 Å². The average molecular weight is 290 g/mol. The van der Waals surface area contributed by atoms with Gasteiger partial charge in [-0.2, -0.15) is 0 Å². The molecule has 1 aromatic rings. The fraction of sp³-hybridized carbons (Fsp3) is 0.417. The molecule has 1 aliphatic rings. The van der Waals surface area contributed by atoms with Crippen LogP contribution in [0.15, 0.2) is 23.1 Å². The van der Waals surface area contributed by atoms with Crippen LogP contribution >= 0.6 is 0 Å². The van der Waals surface area contributed by atoms with Crippen molar-refractivity contribution in [1.82, 2.24) is 0 Å². The smallest absolute Gasteiger partial charge is 0.325 e. The molecule has 1 aromatic carbocycles. The fourth-order valence-corrected chi connectivity index (χ4v) is 4.59. The Labute approximate surface area is 109 Å². The maximum absolute atomic E-state index is 13.6. The van der Waals surface area contributed by atoms with E-state index in [9.17, 15) is 27.1 Å². The fourth-order valence-electron chi connectivity index (χ4n) is 2.38. The Hall–Kier alpha value is -1.50. The minimum atomic E-state index is -4.38. The van der Waals surface area contributed by atoms with E-state index in [4.69, 9.17) is 0 Å². The molecule has 1 fully saturated rings. The van der Waals surface area contributed by atoms with Crippen molar-refractivity contribution in [3.8, 4) is 0 Å². The summed E-state index contributed by atoms with van der Waals surface area (Å²) in [6.45, 7) is 1.67. The third-order valence-corrected chi connectivity index (χ3v) is 6.11. The number of benzene rings is 1. The molecule has 0 aliphatic heterocycles. The van der Waals surface area contributed by atoms with Crippen molar-refractivity contribution >= 4 is 15.8 Å². The Morgan fingerprint density at radius 3 is 2.53 bits per heavy atom. The van der Waals surface area contributed by atoms with E-state index in [1.54, 1.807) is 6.92 Å². The van der Waals surface area contributed by atoms with Gasteiger partial charge in [0.15, 0.2) is 14.6 Å². The molecule has 1 aliphatic carbocycles. The second kappa shape index (κ2) is 4.26. The SMILES string of the molecule is CCC1CC1(C(=O)O)S(=O)(=O)c1ccc(F)cc1F. The second-order valence-corrected chi connectivity index (χ2v) is 6.76. The molecule has 7 heteroatoms. The van der Waals surface area contributed by atoms with E-state index in [1.807, 2.05) is 0 Å². The molecule has 4 nitrogen and oxygen atoms in total. The van der Waals surface area contributed by atoms with Gasteiger partial charge >= 0.3 is 5.97 Å². The molecule has 0 radical (unpaired) electrons. The summed E-state index contributed by atoms with van der Waals surface area (Å²) in [6, 6.07) is 2.01. The summed E-state index contributed by atoms with van der Waals surface area (Å²) in [4.78, 5) is 10.5. The van der Waals surface area contributed by atoms with Gasteiger partial charge in [0, 0.05) is 6.07 Å². The summed E-state index contributed by atoms with van der Waals surface area (Å²) >= 11 is 0. The lowest BCUT2D eigenvalue weighted by Gasteiger charge is -2.14. The molecule has 0 saturated heterocycles. The lowest BCUT2D eigenvalue weighted by atomic mass is 10.2. The Kier molecular flexibility index (Phi) is 3.12. The van der Waals surface area contributed by atoms with Gasteiger partial charge in [-0.25, -0.2) is 17.2 Å². The Morgan fingerprint density at radius 2 is 2.11 bits per heavy atom. The van der Waals surface area contributed by atoms with Crippen LogP contribution < -0.4 is 0 Å². The van der Waals surface area contributed by atoms with Gasteiger partial charge in [0.25, 0.3) is 0 Å². The highest BCUT2D eigenvalue weighted by atomic mass is 32.2. The number of rotatable bonds is 4. The highest BCUT2D eigenvalue weighted by molar-refractivity contribution is 7.94. The molecule has 0 spiro atoms. The second-order valence-electron chi connectivity index (χ2n) is 4.58. The summed E-state index contributed by atoms with van der Waals surface area (Å²) < 4.78 is 49.0. The predicted molar refractivity (Wildman–Crippen MR) is 62.3 cm³/mol. The van der Waals surface area contributed by atoms with Crippen LogP contribution in [-0.4, -0.2) is 24.2 Å². The van der Waals surface area contributed by atoms with E-state index in [-0.39, 0.29) is 6.42 Å². The highest BCUT2D eigenvalue weighted by Crippen LogP contribution is 2.54. The predicted octanol–water partition coefficient (Wildman–Crippen LogP) is 1.99. The number of carboxylic acid groups (broad SMARTS) is 1. The number of carbonyl (C=O) groups is 1. The lowest BCUT2D eigenvalue weighted by molar-refractivity contribution is -0.137. The molecule has 2 unspecified atom stereocenters. The van der Waals surface area contributed by atoms with Gasteiger partial charge in [-0.1, -0.05) is 13.3 Å². The normalized spacial score (nSPS) is 26.2. The molecule has 0 aromatic heterocycles. The number of aliphatic carboxylic acids is 1. The number of hydrogen-bond acceptors (Lipinski definition) is 3. The molecule has 0 amide bonds. The monoisotopic (exact) mass is 290 g/mol. The first-order chi connectivity index (χ1) is 8.77. The zero-order valence-electron chi connectivity index (χ0n) is 10.1. The van der Waals surface area contributed by atoms with E-state index in [2.05, 4.69) is 0 Å². The molecule has 19 heavy (non-hydrogen) atoms. The molecule has 1 N–H and O–H groups in total. The zero-order chi connectivity index (χ0) is 14.4. The van der Waals surface area contributed by atoms with Crippen molar-refractivity contribution < 1.29 is 27.1 Å². The number of sulfone groups is 1. The Morgan fingerprint density at radius 1 is 1.47 bits per heavy atom. The van der Waals surface area contributed by atoms with Gasteiger partial charge in [-0.05, 0) is 24.5 Å². The van der Waals surface area contributed by atoms with E-state index >= 15 is 0 Å². The first-order valence-corrected chi connectivity index (χ1v) is 7.18. The summed E-state index contributed by atoms with van der Waals surface area (Å²) in [5, 5.41) is 9.17. The maximum atomic E-state index is 13.6. The summed E-state index contributed by atoms with van der Waals surface area (Å²) in [7, 11) is -4.38. The number of carboxylic acids is 1.